The summed E-state index contributed by atoms with van der Waals surface area (Å²) in [5, 5.41) is 12.4. The fourth-order valence-electron chi connectivity index (χ4n) is 2.91. The van der Waals surface area contributed by atoms with E-state index in [1.54, 1.807) is 0 Å². The zero-order valence-electron chi connectivity index (χ0n) is 15.9. The first kappa shape index (κ1) is 19.4. The Hall–Kier alpha value is -2.37. The van der Waals surface area contributed by atoms with Gasteiger partial charge in [-0.1, -0.05) is 47.5 Å². The minimum atomic E-state index is 0.515. The molecule has 4 nitrogen and oxygen atoms in total. The minimum absolute atomic E-state index is 0.515. The van der Waals surface area contributed by atoms with Gasteiger partial charge in [-0.25, -0.2) is 0 Å². The minimum Gasteiger partial charge on any atom is -0.332 e. The first-order valence-corrected chi connectivity index (χ1v) is 9.56. The van der Waals surface area contributed by atoms with Gasteiger partial charge in [0, 0.05) is 10.7 Å². The van der Waals surface area contributed by atoms with Crippen LogP contribution in [-0.4, -0.2) is 14.9 Å². The second-order valence-corrected chi connectivity index (χ2v) is 7.50. The highest BCUT2D eigenvalue weighted by atomic mass is 35.5. The Morgan fingerprint density at radius 1 is 1.04 bits per heavy atom. The molecular formula is C21H23ClN4S. The summed E-state index contributed by atoms with van der Waals surface area (Å²) in [5.74, 6) is 0. The van der Waals surface area contributed by atoms with Gasteiger partial charge in [0.1, 0.15) is 0 Å². The Morgan fingerprint density at radius 3 is 2.44 bits per heavy atom. The van der Waals surface area contributed by atoms with Gasteiger partial charge >= 0.3 is 0 Å². The number of nitrogens with one attached hydrogen (secondary N) is 2. The molecule has 27 heavy (non-hydrogen) atoms. The second kappa shape index (κ2) is 8.11. The zero-order chi connectivity index (χ0) is 19.6. The smallest absolute Gasteiger partial charge is 0.175 e. The van der Waals surface area contributed by atoms with Gasteiger partial charge in [-0.2, -0.15) is 5.10 Å². The van der Waals surface area contributed by atoms with Crippen LogP contribution in [-0.2, 0) is 6.54 Å². The van der Waals surface area contributed by atoms with Gasteiger partial charge in [-0.15, -0.1) is 0 Å². The summed E-state index contributed by atoms with van der Waals surface area (Å²) in [4.78, 5) is 0. The lowest BCUT2D eigenvalue weighted by molar-refractivity contribution is 0.659. The molecule has 140 valence electrons. The van der Waals surface area contributed by atoms with Crippen LogP contribution in [0.1, 0.15) is 28.1 Å². The van der Waals surface area contributed by atoms with Crippen LogP contribution in [0.3, 0.4) is 0 Å². The zero-order valence-corrected chi connectivity index (χ0v) is 17.5. The molecule has 0 fully saturated rings. The average Bonchev–Trinajstić information content (AvgIpc) is 2.88. The standard InChI is InChI=1S/C21H23ClN4S/c1-13-8-10-17(11-9-13)12-26-16(4)20(15(3)25-26)24-21(27)23-19-7-5-6-18(22)14(19)2/h5-11H,12H2,1-4H3,(H2,23,24,27). The third kappa shape index (κ3) is 4.49. The molecule has 0 bridgehead atoms. The summed E-state index contributed by atoms with van der Waals surface area (Å²) in [6, 6.07) is 14.2. The molecule has 3 aromatic rings. The topological polar surface area (TPSA) is 41.9 Å². The summed E-state index contributed by atoms with van der Waals surface area (Å²) in [5.41, 5.74) is 7.20. The molecule has 0 saturated carbocycles. The van der Waals surface area contributed by atoms with Crippen molar-refractivity contribution in [2.45, 2.75) is 34.2 Å². The number of aromatic nitrogens is 2. The van der Waals surface area contributed by atoms with Crippen LogP contribution < -0.4 is 10.6 Å². The molecule has 0 radical (unpaired) electrons. The average molecular weight is 399 g/mol. The molecule has 0 unspecified atom stereocenters. The van der Waals surface area contributed by atoms with Gasteiger partial charge in [0.15, 0.2) is 5.11 Å². The van der Waals surface area contributed by atoms with Crippen molar-refractivity contribution < 1.29 is 0 Å². The number of anilines is 2. The SMILES string of the molecule is Cc1ccc(Cn2nc(C)c(NC(=S)Nc3cccc(Cl)c3C)c2C)cc1. The highest BCUT2D eigenvalue weighted by molar-refractivity contribution is 7.80. The predicted molar refractivity (Wildman–Crippen MR) is 118 cm³/mol. The number of benzene rings is 2. The molecule has 0 aliphatic rings. The molecule has 0 aliphatic heterocycles. The Balaban J connectivity index is 1.75. The van der Waals surface area contributed by atoms with Gasteiger partial charge in [0.2, 0.25) is 0 Å². The lowest BCUT2D eigenvalue weighted by Gasteiger charge is -2.13. The number of thiocarbonyl (C=S) groups is 1. The maximum Gasteiger partial charge on any atom is 0.175 e. The Bertz CT molecular complexity index is 977. The lowest BCUT2D eigenvalue weighted by Crippen LogP contribution is -2.20. The Kier molecular flexibility index (Phi) is 5.82. The van der Waals surface area contributed by atoms with Gasteiger partial charge < -0.3 is 10.6 Å². The third-order valence-electron chi connectivity index (χ3n) is 4.59. The molecule has 2 N–H and O–H groups in total. The summed E-state index contributed by atoms with van der Waals surface area (Å²) < 4.78 is 2.00. The largest absolute Gasteiger partial charge is 0.332 e. The van der Waals surface area contributed by atoms with Crippen molar-refractivity contribution in [1.82, 2.24) is 9.78 Å². The molecule has 1 aromatic heterocycles. The van der Waals surface area contributed by atoms with Crippen molar-refractivity contribution in [2.75, 3.05) is 10.6 Å². The van der Waals surface area contributed by atoms with E-state index >= 15 is 0 Å². The number of hydrogen-bond acceptors (Lipinski definition) is 2. The van der Waals surface area contributed by atoms with Crippen LogP contribution in [0.2, 0.25) is 5.02 Å². The molecule has 2 aromatic carbocycles. The number of hydrogen-bond donors (Lipinski definition) is 2. The normalized spacial score (nSPS) is 10.7. The number of aryl methyl sites for hydroxylation is 2. The summed E-state index contributed by atoms with van der Waals surface area (Å²) in [6.45, 7) is 8.80. The van der Waals surface area contributed by atoms with Gasteiger partial charge in [-0.05, 0) is 63.2 Å². The second-order valence-electron chi connectivity index (χ2n) is 6.68. The van der Waals surface area contributed by atoms with Crippen LogP contribution in [0.4, 0.5) is 11.4 Å². The van der Waals surface area contributed by atoms with Crippen LogP contribution in [0.15, 0.2) is 42.5 Å². The van der Waals surface area contributed by atoms with E-state index < -0.39 is 0 Å². The maximum atomic E-state index is 6.18. The molecule has 0 atom stereocenters. The van der Waals surface area contributed by atoms with E-state index in [0.717, 1.165) is 34.9 Å². The van der Waals surface area contributed by atoms with Crippen LogP contribution >= 0.6 is 23.8 Å². The van der Waals surface area contributed by atoms with E-state index in [1.165, 1.54) is 11.1 Å². The van der Waals surface area contributed by atoms with Crippen molar-refractivity contribution in [3.63, 3.8) is 0 Å². The molecule has 0 amide bonds. The molecular weight excluding hydrogens is 376 g/mol. The number of halogens is 1. The van der Waals surface area contributed by atoms with Crippen molar-refractivity contribution >= 4 is 40.3 Å². The lowest BCUT2D eigenvalue weighted by atomic mass is 10.1. The molecule has 0 spiro atoms. The van der Waals surface area contributed by atoms with Gasteiger partial charge in [-0.3, -0.25) is 4.68 Å². The summed E-state index contributed by atoms with van der Waals surface area (Å²) in [6.07, 6.45) is 0. The Labute approximate surface area is 170 Å². The van der Waals surface area contributed by atoms with Crippen molar-refractivity contribution in [3.8, 4) is 0 Å². The van der Waals surface area contributed by atoms with Crippen LogP contribution in [0.5, 0.6) is 0 Å². The van der Waals surface area contributed by atoms with E-state index in [1.807, 2.05) is 43.7 Å². The monoisotopic (exact) mass is 398 g/mol. The van der Waals surface area contributed by atoms with Crippen LogP contribution in [0.25, 0.3) is 0 Å². The molecule has 0 aliphatic carbocycles. The predicted octanol–water partition coefficient (Wildman–Crippen LogP) is 5.63. The summed E-state index contributed by atoms with van der Waals surface area (Å²) in [7, 11) is 0. The number of rotatable bonds is 4. The van der Waals surface area contributed by atoms with Crippen molar-refractivity contribution in [3.05, 3.63) is 75.6 Å². The van der Waals surface area contributed by atoms with E-state index in [9.17, 15) is 0 Å². The third-order valence-corrected chi connectivity index (χ3v) is 5.20. The highest BCUT2D eigenvalue weighted by Gasteiger charge is 2.14. The molecule has 6 heteroatoms. The first-order valence-electron chi connectivity index (χ1n) is 8.78. The van der Waals surface area contributed by atoms with Crippen molar-refractivity contribution in [2.24, 2.45) is 0 Å². The van der Waals surface area contributed by atoms with E-state index in [2.05, 4.69) is 46.9 Å². The Morgan fingerprint density at radius 2 is 1.74 bits per heavy atom. The van der Waals surface area contributed by atoms with E-state index in [0.29, 0.717) is 10.1 Å². The quantitative estimate of drug-likeness (QED) is 0.559. The number of nitrogens with zero attached hydrogens (tertiary/aromatic N) is 2. The summed E-state index contributed by atoms with van der Waals surface area (Å²) >= 11 is 11.7. The molecule has 1 heterocycles. The fraction of sp³-hybridized carbons (Fsp3) is 0.238. The molecule has 3 rings (SSSR count). The van der Waals surface area contributed by atoms with Crippen LogP contribution in [0, 0.1) is 27.7 Å². The highest BCUT2D eigenvalue weighted by Crippen LogP contribution is 2.24. The van der Waals surface area contributed by atoms with E-state index in [-0.39, 0.29) is 0 Å². The fourth-order valence-corrected chi connectivity index (χ4v) is 3.29. The first-order chi connectivity index (χ1) is 12.8. The van der Waals surface area contributed by atoms with E-state index in [4.69, 9.17) is 23.8 Å². The van der Waals surface area contributed by atoms with Crippen molar-refractivity contribution in [1.29, 1.82) is 0 Å². The maximum absolute atomic E-state index is 6.18. The van der Waals surface area contributed by atoms with Gasteiger partial charge in [0.25, 0.3) is 0 Å². The molecule has 0 saturated heterocycles. The van der Waals surface area contributed by atoms with Gasteiger partial charge in [0.05, 0.1) is 23.6 Å².